The normalized spacial score (nSPS) is 26.2. The number of ketones is 1. The van der Waals surface area contributed by atoms with Gasteiger partial charge in [-0.2, -0.15) is 4.99 Å². The largest absolute Gasteiger partial charge is 0.315 e. The molecule has 0 spiro atoms. The van der Waals surface area contributed by atoms with Gasteiger partial charge in [0.2, 0.25) is 0 Å². The van der Waals surface area contributed by atoms with Gasteiger partial charge >= 0.3 is 0 Å². The van der Waals surface area contributed by atoms with E-state index in [0.717, 1.165) is 0 Å². The molecule has 2 aliphatic heterocycles. The van der Waals surface area contributed by atoms with Crippen molar-refractivity contribution in [1.82, 2.24) is 0 Å². The minimum absolute atomic E-state index is 0.00575. The number of benzene rings is 1. The summed E-state index contributed by atoms with van der Waals surface area (Å²) in [6, 6.07) is 6.74. The number of hydrogen-bond acceptors (Lipinski definition) is 5. The van der Waals surface area contributed by atoms with Gasteiger partial charge in [-0.3, -0.25) is 9.59 Å². The number of carbonyl (C=O) groups is 2. The number of hydrogen-bond donors (Lipinski definition) is 0. The van der Waals surface area contributed by atoms with Gasteiger partial charge in [0, 0.05) is 16.7 Å². The van der Waals surface area contributed by atoms with Gasteiger partial charge in [0.1, 0.15) is 0 Å². The summed E-state index contributed by atoms with van der Waals surface area (Å²) in [5.74, 6) is -0.542. The predicted molar refractivity (Wildman–Crippen MR) is 100 cm³/mol. The number of para-hydroxylation sites is 1. The first-order chi connectivity index (χ1) is 11.7. The molecule has 0 aliphatic carbocycles. The first-order valence-electron chi connectivity index (χ1n) is 8.08. The van der Waals surface area contributed by atoms with Crippen LogP contribution in [-0.4, -0.2) is 48.1 Å². The van der Waals surface area contributed by atoms with Crippen LogP contribution < -0.4 is 4.90 Å². The van der Waals surface area contributed by atoms with Crippen molar-refractivity contribution < 1.29 is 18.0 Å². The fourth-order valence-electron chi connectivity index (χ4n) is 3.05. The molecule has 0 radical (unpaired) electrons. The summed E-state index contributed by atoms with van der Waals surface area (Å²) in [6.07, 6.45) is 0. The van der Waals surface area contributed by atoms with Crippen LogP contribution in [0.4, 0.5) is 5.69 Å². The highest BCUT2D eigenvalue weighted by Gasteiger charge is 2.49. The Balaban J connectivity index is 2.10. The monoisotopic (exact) mass is 380 g/mol. The minimum atomic E-state index is -3.14. The van der Waals surface area contributed by atoms with Crippen LogP contribution in [0.2, 0.25) is 0 Å². The molecular weight excluding hydrogens is 360 g/mol. The van der Waals surface area contributed by atoms with Crippen molar-refractivity contribution >= 4 is 44.1 Å². The lowest BCUT2D eigenvalue weighted by Gasteiger charge is -2.26. The van der Waals surface area contributed by atoms with Crippen LogP contribution >= 0.6 is 11.8 Å². The molecule has 2 fully saturated rings. The maximum Gasteiger partial charge on any atom is 0.250 e. The molecule has 2 aliphatic rings. The van der Waals surface area contributed by atoms with Gasteiger partial charge in [-0.05, 0) is 19.1 Å². The molecule has 6 nitrogen and oxygen atoms in total. The highest BCUT2D eigenvalue weighted by Crippen LogP contribution is 2.42. The van der Waals surface area contributed by atoms with E-state index in [4.69, 9.17) is 0 Å². The molecule has 2 heterocycles. The zero-order valence-electron chi connectivity index (χ0n) is 14.3. The van der Waals surface area contributed by atoms with E-state index in [9.17, 15) is 18.0 Å². The van der Waals surface area contributed by atoms with Gasteiger partial charge < -0.3 is 4.90 Å². The number of rotatable bonds is 3. The Morgan fingerprint density at radius 2 is 1.92 bits per heavy atom. The van der Waals surface area contributed by atoms with Crippen LogP contribution in [0.3, 0.4) is 0 Å². The van der Waals surface area contributed by atoms with E-state index in [1.165, 1.54) is 18.7 Å². The molecule has 8 heteroatoms. The molecule has 2 saturated heterocycles. The molecule has 2 atom stereocenters. The summed E-state index contributed by atoms with van der Waals surface area (Å²) in [5, 5.41) is 0.307. The fourth-order valence-corrected chi connectivity index (χ4v) is 6.96. The second-order valence-electron chi connectivity index (χ2n) is 6.63. The summed E-state index contributed by atoms with van der Waals surface area (Å²) >= 11 is 1.32. The third kappa shape index (κ3) is 3.50. The van der Waals surface area contributed by atoms with Crippen LogP contribution in [0.15, 0.2) is 29.3 Å². The van der Waals surface area contributed by atoms with Gasteiger partial charge in [0.15, 0.2) is 20.8 Å². The fraction of sp³-hybridized carbons (Fsp3) is 0.471. The number of fused-ring (bicyclic) bond motifs is 1. The van der Waals surface area contributed by atoms with Crippen LogP contribution in [-0.2, 0) is 14.6 Å². The van der Waals surface area contributed by atoms with Gasteiger partial charge in [-0.1, -0.05) is 37.7 Å². The lowest BCUT2D eigenvalue weighted by molar-refractivity contribution is -0.120. The first kappa shape index (κ1) is 18.1. The lowest BCUT2D eigenvalue weighted by Crippen LogP contribution is -2.38. The summed E-state index contributed by atoms with van der Waals surface area (Å²) in [5.41, 5.74) is 1.11. The molecule has 134 valence electrons. The molecule has 0 aromatic heterocycles. The van der Waals surface area contributed by atoms with E-state index in [1.54, 1.807) is 43.0 Å². The van der Waals surface area contributed by atoms with Crippen molar-refractivity contribution in [2.75, 3.05) is 16.4 Å². The van der Waals surface area contributed by atoms with Gasteiger partial charge in [0.05, 0.1) is 23.2 Å². The Hall–Kier alpha value is -1.67. The zero-order chi connectivity index (χ0) is 18.4. The average Bonchev–Trinajstić information content (AvgIpc) is 2.97. The van der Waals surface area contributed by atoms with Gasteiger partial charge in [0.25, 0.3) is 5.91 Å². The maximum absolute atomic E-state index is 12.1. The molecule has 0 saturated carbocycles. The number of sulfone groups is 1. The Labute approximate surface area is 151 Å². The van der Waals surface area contributed by atoms with E-state index in [2.05, 4.69) is 4.99 Å². The average molecular weight is 380 g/mol. The van der Waals surface area contributed by atoms with Crippen molar-refractivity contribution in [2.24, 2.45) is 10.9 Å². The number of aliphatic imine (C=N–C) groups is 1. The van der Waals surface area contributed by atoms with Gasteiger partial charge in [-0.25, -0.2) is 8.42 Å². The molecule has 2 unspecified atom stereocenters. The molecule has 25 heavy (non-hydrogen) atoms. The number of nitrogens with zero attached hydrogens (tertiary/aromatic N) is 2. The van der Waals surface area contributed by atoms with Crippen molar-refractivity contribution in [3.63, 3.8) is 0 Å². The van der Waals surface area contributed by atoms with Gasteiger partial charge in [-0.15, -0.1) is 0 Å². The number of amidine groups is 1. The van der Waals surface area contributed by atoms with E-state index in [1.807, 2.05) is 0 Å². The smallest absolute Gasteiger partial charge is 0.250 e. The second-order valence-corrected chi connectivity index (χ2v) is 9.99. The van der Waals surface area contributed by atoms with E-state index < -0.39 is 9.84 Å². The van der Waals surface area contributed by atoms with E-state index >= 15 is 0 Å². The highest BCUT2D eigenvalue weighted by atomic mass is 32.2. The van der Waals surface area contributed by atoms with Crippen molar-refractivity contribution in [1.29, 1.82) is 0 Å². The molecule has 1 aromatic rings. The Bertz CT molecular complexity index is 861. The summed E-state index contributed by atoms with van der Waals surface area (Å²) in [6.45, 7) is 5.01. The summed E-state index contributed by atoms with van der Waals surface area (Å²) in [7, 11) is -3.14. The third-order valence-electron chi connectivity index (χ3n) is 4.31. The van der Waals surface area contributed by atoms with Crippen molar-refractivity contribution in [3.05, 3.63) is 29.8 Å². The second kappa shape index (κ2) is 6.57. The predicted octanol–water partition coefficient (Wildman–Crippen LogP) is 2.15. The zero-order valence-corrected chi connectivity index (χ0v) is 15.9. The Morgan fingerprint density at radius 1 is 1.24 bits per heavy atom. The lowest BCUT2D eigenvalue weighted by atomic mass is 10.1. The first-order valence-corrected chi connectivity index (χ1v) is 10.8. The van der Waals surface area contributed by atoms with Crippen LogP contribution in [0.1, 0.15) is 31.1 Å². The number of amides is 1. The highest BCUT2D eigenvalue weighted by molar-refractivity contribution is 8.16. The molecule has 1 aromatic carbocycles. The summed E-state index contributed by atoms with van der Waals surface area (Å²) in [4.78, 5) is 30.1. The minimum Gasteiger partial charge on any atom is -0.315 e. The van der Waals surface area contributed by atoms with E-state index in [0.29, 0.717) is 16.4 Å². The molecule has 0 bridgehead atoms. The topological polar surface area (TPSA) is 83.9 Å². The van der Waals surface area contributed by atoms with Crippen LogP contribution in [0, 0.1) is 5.92 Å². The van der Waals surface area contributed by atoms with Crippen LogP contribution in [0.5, 0.6) is 0 Å². The maximum atomic E-state index is 12.1. The molecule has 0 N–H and O–H groups in total. The van der Waals surface area contributed by atoms with Crippen molar-refractivity contribution in [3.8, 4) is 0 Å². The number of thioether (sulfide) groups is 1. The van der Waals surface area contributed by atoms with Crippen molar-refractivity contribution in [2.45, 2.75) is 32.1 Å². The number of anilines is 1. The quantitative estimate of drug-likeness (QED) is 0.747. The molecule has 1 amide bonds. The van der Waals surface area contributed by atoms with Crippen LogP contribution in [0.25, 0.3) is 0 Å². The number of carbonyl (C=O) groups excluding carboxylic acids is 2. The standard InChI is InChI=1S/C17H20N2O4S2/c1-10(2)16(21)18-17-19(13-7-5-4-6-12(13)11(3)20)14-8-25(22,23)9-15(14)24-17/h4-7,10,14-15H,8-9H2,1-3H3. The number of Topliss-reactive ketones (excluding diaryl/α,β-unsaturated/α-hetero) is 1. The van der Waals surface area contributed by atoms with E-state index in [-0.39, 0.29) is 40.4 Å². The molecule has 3 rings (SSSR count). The Kier molecular flexibility index (Phi) is 4.76. The third-order valence-corrected chi connectivity index (χ3v) is 7.52. The Morgan fingerprint density at radius 3 is 2.56 bits per heavy atom. The SMILES string of the molecule is CC(=O)c1ccccc1N1C(=NC(=O)C(C)C)SC2CS(=O)(=O)CC21. The summed E-state index contributed by atoms with van der Waals surface area (Å²) < 4.78 is 24.1. The molecular formula is C17H20N2O4S2.